The van der Waals surface area contributed by atoms with Crippen LogP contribution in [0.4, 0.5) is 0 Å². The van der Waals surface area contributed by atoms with Gasteiger partial charge in [-0.25, -0.2) is 0 Å². The predicted molar refractivity (Wildman–Crippen MR) is 89.9 cm³/mol. The molecule has 1 rings (SSSR count). The summed E-state index contributed by atoms with van der Waals surface area (Å²) in [7, 11) is 0. The molecule has 0 amide bonds. The minimum atomic E-state index is -0.187. The molecular formula is C19H32O2. The average molecular weight is 292 g/mol. The summed E-state index contributed by atoms with van der Waals surface area (Å²) in [5.74, 6) is 2.22. The summed E-state index contributed by atoms with van der Waals surface area (Å²) >= 11 is 0. The van der Waals surface area contributed by atoms with Crippen LogP contribution in [0.5, 0.6) is 5.75 Å². The first kappa shape index (κ1) is 18.0. The fourth-order valence-corrected chi connectivity index (χ4v) is 2.41. The van der Waals surface area contributed by atoms with E-state index in [9.17, 15) is 0 Å². The maximum atomic E-state index is 5.80. The fraction of sp³-hybridized carbons (Fsp3) is 0.684. The van der Waals surface area contributed by atoms with Gasteiger partial charge in [-0.05, 0) is 49.3 Å². The third kappa shape index (κ3) is 6.99. The molecule has 0 aliphatic heterocycles. The molecule has 0 aliphatic rings. The minimum absolute atomic E-state index is 0.187. The molecule has 0 aromatic heterocycles. The van der Waals surface area contributed by atoms with Gasteiger partial charge in [-0.3, -0.25) is 0 Å². The topological polar surface area (TPSA) is 18.5 Å². The van der Waals surface area contributed by atoms with Gasteiger partial charge in [0.2, 0.25) is 0 Å². The monoisotopic (exact) mass is 292 g/mol. The Morgan fingerprint density at radius 3 is 2.19 bits per heavy atom. The molecule has 0 spiro atoms. The minimum Gasteiger partial charge on any atom is -0.465 e. The van der Waals surface area contributed by atoms with Crippen molar-refractivity contribution in [2.45, 2.75) is 72.5 Å². The summed E-state index contributed by atoms with van der Waals surface area (Å²) in [6, 6.07) is 8.39. The molecule has 21 heavy (non-hydrogen) atoms. The van der Waals surface area contributed by atoms with E-state index in [1.165, 1.54) is 18.4 Å². The number of hydrogen-bond donors (Lipinski definition) is 0. The molecule has 0 aliphatic carbocycles. The molecule has 2 heteroatoms. The van der Waals surface area contributed by atoms with Crippen LogP contribution in [0, 0.1) is 5.92 Å². The van der Waals surface area contributed by atoms with Crippen LogP contribution in [0.3, 0.4) is 0 Å². The van der Waals surface area contributed by atoms with E-state index < -0.39 is 0 Å². The van der Waals surface area contributed by atoms with Gasteiger partial charge in [-0.15, -0.1) is 0 Å². The van der Waals surface area contributed by atoms with Gasteiger partial charge in [0.05, 0.1) is 6.61 Å². The van der Waals surface area contributed by atoms with Crippen molar-refractivity contribution in [1.29, 1.82) is 0 Å². The van der Waals surface area contributed by atoms with Gasteiger partial charge < -0.3 is 9.47 Å². The Hall–Kier alpha value is -1.02. The van der Waals surface area contributed by atoms with Crippen LogP contribution >= 0.6 is 0 Å². The van der Waals surface area contributed by atoms with Gasteiger partial charge in [0.1, 0.15) is 5.75 Å². The van der Waals surface area contributed by atoms with Gasteiger partial charge in [-0.1, -0.05) is 52.7 Å². The second-order valence-corrected chi connectivity index (χ2v) is 6.12. The second kappa shape index (κ2) is 9.83. The zero-order chi connectivity index (χ0) is 15.7. The highest BCUT2D eigenvalue weighted by atomic mass is 16.7. The molecule has 0 fully saturated rings. The van der Waals surface area contributed by atoms with Crippen LogP contribution in [0.1, 0.15) is 71.8 Å². The lowest BCUT2D eigenvalue weighted by Crippen LogP contribution is -2.18. The Balaban J connectivity index is 2.32. The quantitative estimate of drug-likeness (QED) is 0.510. The first-order valence-corrected chi connectivity index (χ1v) is 8.45. The Labute approximate surface area is 130 Å². The second-order valence-electron chi connectivity index (χ2n) is 6.12. The van der Waals surface area contributed by atoms with Gasteiger partial charge in [0, 0.05) is 0 Å². The zero-order valence-electron chi connectivity index (χ0n) is 14.4. The van der Waals surface area contributed by atoms with E-state index in [-0.39, 0.29) is 6.29 Å². The molecule has 0 heterocycles. The molecule has 3 atom stereocenters. The van der Waals surface area contributed by atoms with Crippen LogP contribution in [-0.4, -0.2) is 12.9 Å². The van der Waals surface area contributed by atoms with E-state index >= 15 is 0 Å². The fourth-order valence-electron chi connectivity index (χ4n) is 2.41. The first-order valence-electron chi connectivity index (χ1n) is 8.45. The van der Waals surface area contributed by atoms with Crippen molar-refractivity contribution in [3.8, 4) is 5.75 Å². The van der Waals surface area contributed by atoms with Crippen molar-refractivity contribution < 1.29 is 9.47 Å². The molecule has 1 aromatic rings. The Bertz CT molecular complexity index is 372. The summed E-state index contributed by atoms with van der Waals surface area (Å²) in [5.41, 5.74) is 1.37. The van der Waals surface area contributed by atoms with E-state index in [0.29, 0.717) is 5.92 Å². The Kier molecular flexibility index (Phi) is 8.44. The van der Waals surface area contributed by atoms with Crippen LogP contribution < -0.4 is 4.74 Å². The van der Waals surface area contributed by atoms with E-state index in [4.69, 9.17) is 9.47 Å². The molecule has 2 nitrogen and oxygen atoms in total. The third-order valence-electron chi connectivity index (χ3n) is 4.11. The molecule has 1 aromatic carbocycles. The molecule has 3 unspecified atom stereocenters. The number of ether oxygens (including phenoxy) is 2. The summed E-state index contributed by atoms with van der Waals surface area (Å²) in [4.78, 5) is 0. The van der Waals surface area contributed by atoms with Crippen LogP contribution in [0.2, 0.25) is 0 Å². The van der Waals surface area contributed by atoms with E-state index in [2.05, 4.69) is 39.8 Å². The zero-order valence-corrected chi connectivity index (χ0v) is 14.4. The van der Waals surface area contributed by atoms with E-state index in [0.717, 1.165) is 31.1 Å². The lowest BCUT2D eigenvalue weighted by molar-refractivity contribution is -0.0700. The molecule has 0 radical (unpaired) electrons. The Morgan fingerprint density at radius 1 is 0.952 bits per heavy atom. The average Bonchev–Trinajstić information content (AvgIpc) is 2.47. The number of benzene rings is 1. The van der Waals surface area contributed by atoms with Gasteiger partial charge in [-0.2, -0.15) is 0 Å². The first-order chi connectivity index (χ1) is 10.1. The van der Waals surface area contributed by atoms with Crippen molar-refractivity contribution in [3.05, 3.63) is 29.8 Å². The highest BCUT2D eigenvalue weighted by molar-refractivity contribution is 5.29. The summed E-state index contributed by atoms with van der Waals surface area (Å²) in [5, 5.41) is 0. The largest absolute Gasteiger partial charge is 0.465 e. The third-order valence-corrected chi connectivity index (χ3v) is 4.11. The predicted octanol–water partition coefficient (Wildman–Crippen LogP) is 5.77. The van der Waals surface area contributed by atoms with Crippen molar-refractivity contribution in [3.63, 3.8) is 0 Å². The molecule has 120 valence electrons. The SMILES string of the molecule is CCCC(C)CCOC(C)Oc1ccc(C(C)CC)cc1. The van der Waals surface area contributed by atoms with E-state index in [1.807, 2.05) is 19.1 Å². The van der Waals surface area contributed by atoms with Crippen molar-refractivity contribution >= 4 is 0 Å². The van der Waals surface area contributed by atoms with Gasteiger partial charge in [0.15, 0.2) is 6.29 Å². The smallest absolute Gasteiger partial charge is 0.196 e. The normalized spacial score (nSPS) is 15.5. The molecule has 0 bridgehead atoms. The van der Waals surface area contributed by atoms with E-state index in [1.54, 1.807) is 0 Å². The lowest BCUT2D eigenvalue weighted by Gasteiger charge is -2.17. The van der Waals surface area contributed by atoms with Gasteiger partial charge >= 0.3 is 0 Å². The maximum absolute atomic E-state index is 5.80. The van der Waals surface area contributed by atoms with Crippen molar-refractivity contribution in [2.75, 3.05) is 6.61 Å². The molecule has 0 N–H and O–H groups in total. The molecular weight excluding hydrogens is 260 g/mol. The standard InChI is InChI=1S/C19H32O2/c1-6-8-15(3)13-14-20-17(5)21-19-11-9-18(10-12-19)16(4)7-2/h9-12,15-17H,6-8,13-14H2,1-5H3. The number of rotatable bonds is 10. The van der Waals surface area contributed by atoms with Gasteiger partial charge in [0.25, 0.3) is 0 Å². The van der Waals surface area contributed by atoms with Crippen LogP contribution in [0.15, 0.2) is 24.3 Å². The highest BCUT2D eigenvalue weighted by Gasteiger charge is 2.07. The Morgan fingerprint density at radius 2 is 1.62 bits per heavy atom. The van der Waals surface area contributed by atoms with Crippen molar-refractivity contribution in [2.24, 2.45) is 5.92 Å². The highest BCUT2D eigenvalue weighted by Crippen LogP contribution is 2.22. The summed E-state index contributed by atoms with van der Waals surface area (Å²) in [6.07, 6.45) is 4.60. The lowest BCUT2D eigenvalue weighted by atomic mass is 9.99. The number of hydrogen-bond acceptors (Lipinski definition) is 2. The summed E-state index contributed by atoms with van der Waals surface area (Å²) in [6.45, 7) is 11.7. The molecule has 0 saturated heterocycles. The van der Waals surface area contributed by atoms with Crippen LogP contribution in [-0.2, 0) is 4.74 Å². The van der Waals surface area contributed by atoms with Crippen LogP contribution in [0.25, 0.3) is 0 Å². The maximum Gasteiger partial charge on any atom is 0.196 e. The molecule has 0 saturated carbocycles. The van der Waals surface area contributed by atoms with Crippen molar-refractivity contribution in [1.82, 2.24) is 0 Å². The summed E-state index contributed by atoms with van der Waals surface area (Å²) < 4.78 is 11.5.